The smallest absolute Gasteiger partial charge is 0.239 e. The molecule has 0 bridgehead atoms. The van der Waals surface area contributed by atoms with Gasteiger partial charge in [0.1, 0.15) is 0 Å². The number of benzene rings is 1. The predicted molar refractivity (Wildman–Crippen MR) is 69.0 cm³/mol. The molecule has 0 saturated carbocycles. The second-order valence-corrected chi connectivity index (χ2v) is 3.85. The normalized spacial score (nSPS) is 10.2. The van der Waals surface area contributed by atoms with Gasteiger partial charge < -0.3 is 4.90 Å². The summed E-state index contributed by atoms with van der Waals surface area (Å²) in [5.74, 6) is 5.07. The number of nitrogens with zero attached hydrogens (tertiary/aromatic N) is 3. The lowest BCUT2D eigenvalue weighted by atomic mass is 10.2. The van der Waals surface area contributed by atoms with Crippen LogP contribution >= 0.6 is 0 Å². The molecular weight excluding hydrogens is 233 g/mol. The highest BCUT2D eigenvalue weighted by atomic mass is 19.1. The molecule has 0 aliphatic carbocycles. The molecule has 0 aliphatic heterocycles. The van der Waals surface area contributed by atoms with E-state index in [1.165, 1.54) is 0 Å². The zero-order chi connectivity index (χ0) is 13.1. The molecule has 0 saturated heterocycles. The van der Waals surface area contributed by atoms with Crippen LogP contribution in [0.4, 0.5) is 21.8 Å². The SMILES string of the molecule is Cc1ccccc1N(C)c1nc(NN)ncc1F. The van der Waals surface area contributed by atoms with Crippen LogP contribution in [0.25, 0.3) is 0 Å². The van der Waals surface area contributed by atoms with Gasteiger partial charge in [-0.05, 0) is 18.6 Å². The van der Waals surface area contributed by atoms with Crippen molar-refractivity contribution in [3.63, 3.8) is 0 Å². The fraction of sp³-hybridized carbons (Fsp3) is 0.167. The number of hydrazine groups is 1. The Kier molecular flexibility index (Phi) is 3.38. The molecule has 0 fully saturated rings. The summed E-state index contributed by atoms with van der Waals surface area (Å²) in [5, 5.41) is 0. The number of nitrogens with one attached hydrogen (secondary N) is 1. The lowest BCUT2D eigenvalue weighted by molar-refractivity contribution is 0.614. The highest BCUT2D eigenvalue weighted by Crippen LogP contribution is 2.27. The van der Waals surface area contributed by atoms with E-state index in [2.05, 4.69) is 15.4 Å². The number of anilines is 3. The quantitative estimate of drug-likeness (QED) is 0.641. The summed E-state index contributed by atoms with van der Waals surface area (Å²) in [5.41, 5.74) is 4.20. The van der Waals surface area contributed by atoms with Gasteiger partial charge in [-0.2, -0.15) is 4.98 Å². The number of nitrogens with two attached hydrogens (primary N) is 1. The molecule has 0 aliphatic rings. The van der Waals surface area contributed by atoms with Gasteiger partial charge in [0.25, 0.3) is 0 Å². The van der Waals surface area contributed by atoms with Gasteiger partial charge in [0.05, 0.1) is 6.20 Å². The van der Waals surface area contributed by atoms with Crippen molar-refractivity contribution >= 4 is 17.5 Å². The van der Waals surface area contributed by atoms with Gasteiger partial charge in [-0.1, -0.05) is 18.2 Å². The third-order valence-electron chi connectivity index (χ3n) is 2.65. The van der Waals surface area contributed by atoms with Crippen molar-refractivity contribution < 1.29 is 4.39 Å². The molecule has 1 heterocycles. The Bertz CT molecular complexity index is 558. The van der Waals surface area contributed by atoms with Crippen molar-refractivity contribution in [3.8, 4) is 0 Å². The summed E-state index contributed by atoms with van der Waals surface area (Å²) in [6.07, 6.45) is 1.09. The minimum absolute atomic E-state index is 0.173. The first-order chi connectivity index (χ1) is 8.63. The third kappa shape index (κ3) is 2.23. The van der Waals surface area contributed by atoms with E-state index in [4.69, 9.17) is 5.84 Å². The molecule has 6 heteroatoms. The van der Waals surface area contributed by atoms with Crippen molar-refractivity contribution in [2.45, 2.75) is 6.92 Å². The molecule has 3 N–H and O–H groups in total. The Morgan fingerprint density at radius 1 is 1.33 bits per heavy atom. The zero-order valence-corrected chi connectivity index (χ0v) is 10.2. The highest BCUT2D eigenvalue weighted by molar-refractivity contribution is 5.63. The molecular formula is C12H14FN5. The largest absolute Gasteiger partial charge is 0.327 e. The van der Waals surface area contributed by atoms with Crippen molar-refractivity contribution in [2.75, 3.05) is 17.4 Å². The summed E-state index contributed by atoms with van der Waals surface area (Å²) in [6.45, 7) is 1.95. The molecule has 0 atom stereocenters. The molecule has 94 valence electrons. The highest BCUT2D eigenvalue weighted by Gasteiger charge is 2.14. The minimum atomic E-state index is -0.500. The van der Waals surface area contributed by atoms with E-state index < -0.39 is 5.82 Å². The maximum atomic E-state index is 13.7. The van der Waals surface area contributed by atoms with Gasteiger partial charge >= 0.3 is 0 Å². The first kappa shape index (κ1) is 12.3. The van der Waals surface area contributed by atoms with Gasteiger partial charge in [-0.15, -0.1) is 0 Å². The summed E-state index contributed by atoms with van der Waals surface area (Å²) < 4.78 is 13.7. The van der Waals surface area contributed by atoms with Crippen LogP contribution < -0.4 is 16.2 Å². The number of aryl methyl sites for hydroxylation is 1. The third-order valence-corrected chi connectivity index (χ3v) is 2.65. The average Bonchev–Trinajstić information content (AvgIpc) is 2.39. The lowest BCUT2D eigenvalue weighted by Gasteiger charge is -2.21. The first-order valence-electron chi connectivity index (χ1n) is 5.42. The number of aromatic nitrogens is 2. The van der Waals surface area contributed by atoms with Crippen LogP contribution in [0.5, 0.6) is 0 Å². The average molecular weight is 247 g/mol. The second-order valence-electron chi connectivity index (χ2n) is 3.85. The Labute approximate surface area is 104 Å². The van der Waals surface area contributed by atoms with Gasteiger partial charge in [0.15, 0.2) is 11.6 Å². The molecule has 1 aromatic carbocycles. The zero-order valence-electron chi connectivity index (χ0n) is 10.2. The lowest BCUT2D eigenvalue weighted by Crippen LogP contribution is -2.17. The standard InChI is InChI=1S/C12H14FN5/c1-8-5-3-4-6-10(8)18(2)11-9(13)7-15-12(16-11)17-14/h3-7H,14H2,1-2H3,(H,15,16,17). The van der Waals surface area contributed by atoms with Gasteiger partial charge in [0.2, 0.25) is 5.95 Å². The van der Waals surface area contributed by atoms with Crippen LogP contribution in [-0.2, 0) is 0 Å². The van der Waals surface area contributed by atoms with Crippen LogP contribution in [-0.4, -0.2) is 17.0 Å². The number of nitrogen functional groups attached to an aromatic ring is 1. The van der Waals surface area contributed by atoms with Crippen molar-refractivity contribution in [1.29, 1.82) is 0 Å². The van der Waals surface area contributed by atoms with E-state index in [9.17, 15) is 4.39 Å². The molecule has 18 heavy (non-hydrogen) atoms. The second kappa shape index (κ2) is 4.97. The first-order valence-corrected chi connectivity index (χ1v) is 5.42. The van der Waals surface area contributed by atoms with Crippen LogP contribution in [0.15, 0.2) is 30.5 Å². The predicted octanol–water partition coefficient (Wildman–Crippen LogP) is 1.98. The van der Waals surface area contributed by atoms with Crippen LogP contribution in [0.1, 0.15) is 5.56 Å². The van der Waals surface area contributed by atoms with E-state index in [1.807, 2.05) is 31.2 Å². The Balaban J connectivity index is 2.45. The van der Waals surface area contributed by atoms with E-state index in [0.717, 1.165) is 17.4 Å². The van der Waals surface area contributed by atoms with Crippen molar-refractivity contribution in [3.05, 3.63) is 41.8 Å². The Morgan fingerprint density at radius 2 is 2.06 bits per heavy atom. The molecule has 0 amide bonds. The number of halogens is 1. The molecule has 2 rings (SSSR count). The van der Waals surface area contributed by atoms with Crippen LogP contribution in [0, 0.1) is 12.7 Å². The van der Waals surface area contributed by atoms with Crippen molar-refractivity contribution in [2.24, 2.45) is 5.84 Å². The molecule has 0 spiro atoms. The number of para-hydroxylation sites is 1. The van der Waals surface area contributed by atoms with E-state index in [0.29, 0.717) is 0 Å². The molecule has 0 unspecified atom stereocenters. The van der Waals surface area contributed by atoms with Crippen molar-refractivity contribution in [1.82, 2.24) is 9.97 Å². The van der Waals surface area contributed by atoms with Gasteiger partial charge in [-0.3, -0.25) is 5.43 Å². The summed E-state index contributed by atoms with van der Waals surface area (Å²) in [6, 6.07) is 7.66. The molecule has 2 aromatic rings. The minimum Gasteiger partial charge on any atom is -0.327 e. The summed E-state index contributed by atoms with van der Waals surface area (Å²) >= 11 is 0. The van der Waals surface area contributed by atoms with Crippen LogP contribution in [0.2, 0.25) is 0 Å². The topological polar surface area (TPSA) is 67.1 Å². The van der Waals surface area contributed by atoms with E-state index in [1.54, 1.807) is 11.9 Å². The summed E-state index contributed by atoms with van der Waals surface area (Å²) in [7, 11) is 1.74. The van der Waals surface area contributed by atoms with Gasteiger partial charge in [-0.25, -0.2) is 15.2 Å². The fourth-order valence-corrected chi connectivity index (χ4v) is 1.72. The summed E-state index contributed by atoms with van der Waals surface area (Å²) in [4.78, 5) is 9.38. The van der Waals surface area contributed by atoms with E-state index >= 15 is 0 Å². The number of hydrogen-bond donors (Lipinski definition) is 2. The fourth-order valence-electron chi connectivity index (χ4n) is 1.72. The monoisotopic (exact) mass is 247 g/mol. The Morgan fingerprint density at radius 3 is 2.72 bits per heavy atom. The van der Waals surface area contributed by atoms with E-state index in [-0.39, 0.29) is 11.8 Å². The molecule has 1 aromatic heterocycles. The Hall–Kier alpha value is -2.21. The maximum absolute atomic E-state index is 13.7. The molecule has 0 radical (unpaired) electrons. The molecule has 5 nitrogen and oxygen atoms in total. The van der Waals surface area contributed by atoms with Crippen LogP contribution in [0.3, 0.4) is 0 Å². The number of hydrogen-bond acceptors (Lipinski definition) is 5. The number of rotatable bonds is 3. The maximum Gasteiger partial charge on any atom is 0.239 e. The van der Waals surface area contributed by atoms with Gasteiger partial charge in [0, 0.05) is 12.7 Å².